The number of halogens is 3. The Morgan fingerprint density at radius 2 is 1.71 bits per heavy atom. The van der Waals surface area contributed by atoms with Gasteiger partial charge in [0.25, 0.3) is 11.8 Å². The molecule has 0 spiro atoms. The van der Waals surface area contributed by atoms with Crippen LogP contribution in [0.25, 0.3) is 0 Å². The number of hydrogen-bond acceptors (Lipinski definition) is 2. The van der Waals surface area contributed by atoms with Gasteiger partial charge < -0.3 is 5.32 Å². The molecule has 21 heavy (non-hydrogen) atoms. The number of rotatable bonds is 5. The van der Waals surface area contributed by atoms with Gasteiger partial charge in [0, 0.05) is 5.56 Å². The molecule has 1 aromatic rings. The van der Waals surface area contributed by atoms with Crippen LogP contribution in [0.4, 0.5) is 13.2 Å². The zero-order valence-corrected chi connectivity index (χ0v) is 11.6. The van der Waals surface area contributed by atoms with E-state index in [1.54, 1.807) is 0 Å². The Hall–Kier alpha value is -2.05. The average molecular weight is 301 g/mol. The summed E-state index contributed by atoms with van der Waals surface area (Å²) in [6.45, 7) is 3.67. The van der Waals surface area contributed by atoms with Crippen molar-refractivity contribution in [3.05, 3.63) is 35.4 Å². The van der Waals surface area contributed by atoms with Crippen LogP contribution in [0.15, 0.2) is 24.3 Å². The fourth-order valence-corrected chi connectivity index (χ4v) is 1.76. The standard InChI is InChI=1S/C14H16F3N2O2/c1-8(2)7-11(12(18)20)19-13(21)9-3-5-10(6-4-9)14(15,16)17/h3-6,8,11,18H,7H2,1-2H3,(H,19,21)/t11-/m0/s1. The van der Waals surface area contributed by atoms with E-state index in [2.05, 4.69) is 5.32 Å². The van der Waals surface area contributed by atoms with E-state index >= 15 is 0 Å². The number of carbonyl (C=O) groups excluding carboxylic acids is 2. The van der Waals surface area contributed by atoms with Gasteiger partial charge in [-0.2, -0.15) is 13.2 Å². The largest absolute Gasteiger partial charge is 0.416 e. The Kier molecular flexibility index (Phi) is 5.34. The second-order valence-electron chi connectivity index (χ2n) is 5.09. The van der Waals surface area contributed by atoms with Crippen LogP contribution in [0, 0.1) is 5.92 Å². The summed E-state index contributed by atoms with van der Waals surface area (Å²) < 4.78 is 37.2. The Balaban J connectivity index is 2.81. The lowest BCUT2D eigenvalue weighted by molar-refractivity contribution is -0.137. The molecule has 0 fully saturated rings. The van der Waals surface area contributed by atoms with E-state index in [1.807, 2.05) is 13.8 Å². The van der Waals surface area contributed by atoms with Crippen molar-refractivity contribution < 1.29 is 22.8 Å². The normalized spacial score (nSPS) is 13.0. The molecule has 7 heteroatoms. The Bertz CT molecular complexity index is 510. The molecule has 0 saturated carbocycles. The Morgan fingerprint density at radius 1 is 1.19 bits per heavy atom. The third kappa shape index (κ3) is 5.09. The van der Waals surface area contributed by atoms with Crippen LogP contribution in [-0.4, -0.2) is 17.9 Å². The molecule has 0 aliphatic rings. The third-order valence-corrected chi connectivity index (χ3v) is 2.80. The number of amides is 2. The molecule has 1 aromatic carbocycles. The van der Waals surface area contributed by atoms with Crippen molar-refractivity contribution in [1.29, 1.82) is 0 Å². The highest BCUT2D eigenvalue weighted by atomic mass is 19.4. The van der Waals surface area contributed by atoms with E-state index in [-0.39, 0.29) is 11.5 Å². The summed E-state index contributed by atoms with van der Waals surface area (Å²) in [5.74, 6) is -1.50. The van der Waals surface area contributed by atoms with Gasteiger partial charge in [0.05, 0.1) is 5.56 Å². The summed E-state index contributed by atoms with van der Waals surface area (Å²) in [5, 5.41) is 2.37. The van der Waals surface area contributed by atoms with Gasteiger partial charge in [0.15, 0.2) is 0 Å². The summed E-state index contributed by atoms with van der Waals surface area (Å²) in [6, 6.07) is 2.72. The van der Waals surface area contributed by atoms with Crippen molar-refractivity contribution in [2.24, 2.45) is 5.92 Å². The van der Waals surface area contributed by atoms with Gasteiger partial charge >= 0.3 is 6.18 Å². The Labute approximate surface area is 120 Å². The van der Waals surface area contributed by atoms with Gasteiger partial charge in [-0.25, -0.2) is 0 Å². The maximum Gasteiger partial charge on any atom is 0.416 e. The minimum absolute atomic E-state index is 0.0120. The average Bonchev–Trinajstić information content (AvgIpc) is 2.36. The minimum atomic E-state index is -4.47. The smallest absolute Gasteiger partial charge is 0.340 e. The lowest BCUT2D eigenvalue weighted by Gasteiger charge is -2.17. The van der Waals surface area contributed by atoms with Crippen molar-refractivity contribution in [2.45, 2.75) is 32.5 Å². The topological polar surface area (TPSA) is 70.0 Å². The molecule has 0 heterocycles. The van der Waals surface area contributed by atoms with Crippen LogP contribution in [0.1, 0.15) is 36.2 Å². The molecule has 0 bridgehead atoms. The predicted molar refractivity (Wildman–Crippen MR) is 70.3 cm³/mol. The first-order valence-electron chi connectivity index (χ1n) is 6.35. The summed E-state index contributed by atoms with van der Waals surface area (Å²) in [5.41, 5.74) is 6.26. The van der Waals surface area contributed by atoms with Crippen LogP contribution in [-0.2, 0) is 11.0 Å². The predicted octanol–water partition coefficient (Wildman–Crippen LogP) is 2.66. The summed E-state index contributed by atoms with van der Waals surface area (Å²) in [6.07, 6.45) is -4.17. The molecule has 4 nitrogen and oxygen atoms in total. The zero-order chi connectivity index (χ0) is 16.2. The van der Waals surface area contributed by atoms with E-state index < -0.39 is 29.6 Å². The van der Waals surface area contributed by atoms with E-state index in [1.165, 1.54) is 0 Å². The monoisotopic (exact) mass is 301 g/mol. The van der Waals surface area contributed by atoms with Gasteiger partial charge in [-0.05, 0) is 36.6 Å². The highest BCUT2D eigenvalue weighted by Crippen LogP contribution is 2.29. The maximum atomic E-state index is 12.4. The molecule has 0 aliphatic carbocycles. The van der Waals surface area contributed by atoms with E-state index in [9.17, 15) is 22.8 Å². The fraction of sp³-hybridized carbons (Fsp3) is 0.429. The highest BCUT2D eigenvalue weighted by Gasteiger charge is 2.30. The molecular formula is C14H16F3N2O2. The van der Waals surface area contributed by atoms with Gasteiger partial charge in [-0.1, -0.05) is 13.8 Å². The molecule has 0 unspecified atom stereocenters. The molecule has 1 atom stereocenters. The van der Waals surface area contributed by atoms with Gasteiger partial charge in [-0.3, -0.25) is 15.3 Å². The van der Waals surface area contributed by atoms with Crippen molar-refractivity contribution in [1.82, 2.24) is 11.1 Å². The lowest BCUT2D eigenvalue weighted by Crippen LogP contribution is -2.42. The van der Waals surface area contributed by atoms with Crippen LogP contribution in [0.5, 0.6) is 0 Å². The summed E-state index contributed by atoms with van der Waals surface area (Å²) in [4.78, 5) is 23.0. The molecule has 1 rings (SSSR count). The first-order chi connectivity index (χ1) is 9.61. The van der Waals surface area contributed by atoms with Crippen LogP contribution >= 0.6 is 0 Å². The first-order valence-corrected chi connectivity index (χ1v) is 6.35. The number of carbonyl (C=O) groups is 2. The number of alkyl halides is 3. The lowest BCUT2D eigenvalue weighted by atomic mass is 10.0. The molecule has 1 radical (unpaired) electrons. The van der Waals surface area contributed by atoms with Gasteiger partial charge in [-0.15, -0.1) is 0 Å². The van der Waals surface area contributed by atoms with Crippen molar-refractivity contribution in [2.75, 3.05) is 0 Å². The highest BCUT2D eigenvalue weighted by molar-refractivity contribution is 5.97. The van der Waals surface area contributed by atoms with Crippen molar-refractivity contribution >= 4 is 11.8 Å². The number of benzene rings is 1. The summed E-state index contributed by atoms with van der Waals surface area (Å²) in [7, 11) is 0. The van der Waals surface area contributed by atoms with Crippen molar-refractivity contribution in [3.8, 4) is 0 Å². The molecule has 0 saturated heterocycles. The molecule has 2 amide bonds. The summed E-state index contributed by atoms with van der Waals surface area (Å²) >= 11 is 0. The maximum absolute atomic E-state index is 12.4. The fourth-order valence-electron chi connectivity index (χ4n) is 1.76. The minimum Gasteiger partial charge on any atom is -0.340 e. The van der Waals surface area contributed by atoms with E-state index in [0.717, 1.165) is 24.3 Å². The molecule has 115 valence electrons. The van der Waals surface area contributed by atoms with Crippen LogP contribution in [0.2, 0.25) is 0 Å². The quantitative estimate of drug-likeness (QED) is 0.908. The van der Waals surface area contributed by atoms with Crippen LogP contribution in [0.3, 0.4) is 0 Å². The zero-order valence-electron chi connectivity index (χ0n) is 11.6. The van der Waals surface area contributed by atoms with E-state index in [4.69, 9.17) is 5.73 Å². The first kappa shape index (κ1) is 17.0. The van der Waals surface area contributed by atoms with Crippen molar-refractivity contribution in [3.63, 3.8) is 0 Å². The SMILES string of the molecule is CC(C)C[C@H](NC(=O)c1ccc(C(F)(F)F)cc1)C([NH])=O. The van der Waals surface area contributed by atoms with Gasteiger partial charge in [0.2, 0.25) is 0 Å². The molecule has 2 N–H and O–H groups in total. The second-order valence-corrected chi connectivity index (χ2v) is 5.09. The van der Waals surface area contributed by atoms with Gasteiger partial charge in [0.1, 0.15) is 6.04 Å². The molecule has 0 aromatic heterocycles. The number of hydrogen-bond donors (Lipinski definition) is 1. The third-order valence-electron chi connectivity index (χ3n) is 2.80. The Morgan fingerprint density at radius 3 is 2.10 bits per heavy atom. The molecule has 0 aliphatic heterocycles. The number of nitrogens with one attached hydrogen (secondary N) is 2. The van der Waals surface area contributed by atoms with E-state index in [0.29, 0.717) is 6.42 Å². The van der Waals surface area contributed by atoms with Crippen LogP contribution < -0.4 is 11.1 Å². The second kappa shape index (κ2) is 6.60. The molecular weight excluding hydrogens is 285 g/mol.